The summed E-state index contributed by atoms with van der Waals surface area (Å²) in [5, 5.41) is 5.47. The van der Waals surface area contributed by atoms with E-state index in [1.165, 1.54) is 22.5 Å². The van der Waals surface area contributed by atoms with Crippen molar-refractivity contribution in [2.24, 2.45) is 0 Å². The zero-order chi connectivity index (χ0) is 17.8. The van der Waals surface area contributed by atoms with E-state index in [9.17, 15) is 4.79 Å². The van der Waals surface area contributed by atoms with E-state index < -0.39 is 0 Å². The summed E-state index contributed by atoms with van der Waals surface area (Å²) in [6.07, 6.45) is 0.308. The van der Waals surface area contributed by atoms with E-state index in [0.29, 0.717) is 11.6 Å². The first kappa shape index (κ1) is 17.2. The van der Waals surface area contributed by atoms with Crippen molar-refractivity contribution >= 4 is 22.4 Å². The molecule has 0 saturated heterocycles. The van der Waals surface area contributed by atoms with Crippen LogP contribution < -0.4 is 10.1 Å². The van der Waals surface area contributed by atoms with Gasteiger partial charge in [-0.25, -0.2) is 4.98 Å². The fourth-order valence-corrected chi connectivity index (χ4v) is 3.37. The van der Waals surface area contributed by atoms with E-state index in [-0.39, 0.29) is 5.91 Å². The van der Waals surface area contributed by atoms with Gasteiger partial charge in [0.05, 0.1) is 19.2 Å². The van der Waals surface area contributed by atoms with Gasteiger partial charge >= 0.3 is 0 Å². The Morgan fingerprint density at radius 1 is 1.16 bits per heavy atom. The molecule has 2 aromatic carbocycles. The second-order valence-corrected chi connectivity index (χ2v) is 6.79. The van der Waals surface area contributed by atoms with Gasteiger partial charge in [0.15, 0.2) is 5.13 Å². The average molecular weight is 352 g/mol. The summed E-state index contributed by atoms with van der Waals surface area (Å²) in [5.74, 6) is 0.703. The van der Waals surface area contributed by atoms with Crippen LogP contribution in [0, 0.1) is 13.8 Å². The second kappa shape index (κ2) is 7.49. The molecule has 25 heavy (non-hydrogen) atoms. The number of rotatable bonds is 5. The number of hydrogen-bond acceptors (Lipinski definition) is 4. The van der Waals surface area contributed by atoms with E-state index in [2.05, 4.69) is 42.3 Å². The van der Waals surface area contributed by atoms with E-state index in [1.54, 1.807) is 7.11 Å². The van der Waals surface area contributed by atoms with Crippen molar-refractivity contribution in [3.05, 3.63) is 64.5 Å². The minimum absolute atomic E-state index is 0.0771. The number of aryl methyl sites for hydroxylation is 2. The molecule has 0 radical (unpaired) electrons. The van der Waals surface area contributed by atoms with E-state index in [1.807, 2.05) is 29.6 Å². The fourth-order valence-electron chi connectivity index (χ4n) is 2.65. The number of carbonyl (C=O) groups excluding carboxylic acids is 1. The quantitative estimate of drug-likeness (QED) is 0.729. The molecule has 3 rings (SSSR count). The van der Waals surface area contributed by atoms with Crippen LogP contribution in [0.4, 0.5) is 5.13 Å². The van der Waals surface area contributed by atoms with Gasteiger partial charge in [-0.1, -0.05) is 35.9 Å². The van der Waals surface area contributed by atoms with Crippen molar-refractivity contribution in [2.45, 2.75) is 20.3 Å². The van der Waals surface area contributed by atoms with Gasteiger partial charge in [0.1, 0.15) is 5.75 Å². The molecule has 1 N–H and O–H groups in total. The molecule has 0 saturated carbocycles. The number of amides is 1. The molecule has 0 spiro atoms. The Morgan fingerprint density at radius 2 is 1.92 bits per heavy atom. The third kappa shape index (κ3) is 4.25. The van der Waals surface area contributed by atoms with Gasteiger partial charge in [-0.2, -0.15) is 0 Å². The first-order valence-electron chi connectivity index (χ1n) is 8.01. The normalized spacial score (nSPS) is 10.5. The van der Waals surface area contributed by atoms with Crippen molar-refractivity contribution in [2.75, 3.05) is 12.4 Å². The molecule has 1 heterocycles. The largest absolute Gasteiger partial charge is 0.497 e. The molecule has 0 atom stereocenters. The Hall–Kier alpha value is -2.66. The number of aromatic nitrogens is 1. The Morgan fingerprint density at radius 3 is 2.60 bits per heavy atom. The number of carbonyl (C=O) groups is 1. The number of nitrogens with zero attached hydrogens (tertiary/aromatic N) is 1. The van der Waals surface area contributed by atoms with E-state index in [0.717, 1.165) is 22.6 Å². The number of thiazole rings is 1. The highest BCUT2D eigenvalue weighted by molar-refractivity contribution is 7.14. The first-order valence-corrected chi connectivity index (χ1v) is 8.89. The van der Waals surface area contributed by atoms with Gasteiger partial charge in [0.2, 0.25) is 5.91 Å². The van der Waals surface area contributed by atoms with Crippen molar-refractivity contribution in [1.82, 2.24) is 4.98 Å². The van der Waals surface area contributed by atoms with Gasteiger partial charge in [0, 0.05) is 10.9 Å². The Kier molecular flexibility index (Phi) is 5.14. The summed E-state index contributed by atoms with van der Waals surface area (Å²) < 4.78 is 5.12. The predicted molar refractivity (Wildman–Crippen MR) is 102 cm³/mol. The summed E-state index contributed by atoms with van der Waals surface area (Å²) in [5.41, 5.74) is 5.33. The lowest BCUT2D eigenvalue weighted by Gasteiger charge is -2.05. The lowest BCUT2D eigenvalue weighted by atomic mass is 10.0. The Labute approximate surface area is 151 Å². The Bertz CT molecular complexity index is 885. The molecule has 5 heteroatoms. The molecule has 0 fully saturated rings. The van der Waals surface area contributed by atoms with E-state index in [4.69, 9.17) is 4.74 Å². The van der Waals surface area contributed by atoms with Crippen LogP contribution in [0.15, 0.2) is 47.8 Å². The minimum atomic E-state index is -0.0771. The van der Waals surface area contributed by atoms with Crippen molar-refractivity contribution in [3.8, 4) is 17.0 Å². The number of ether oxygens (including phenoxy) is 1. The van der Waals surface area contributed by atoms with Gasteiger partial charge in [-0.15, -0.1) is 11.3 Å². The summed E-state index contributed by atoms with van der Waals surface area (Å²) >= 11 is 1.44. The molecule has 0 aliphatic heterocycles. The maximum Gasteiger partial charge on any atom is 0.230 e. The molecule has 0 unspecified atom stereocenters. The van der Waals surface area contributed by atoms with Crippen LogP contribution in [0.5, 0.6) is 5.75 Å². The highest BCUT2D eigenvalue weighted by Gasteiger charge is 2.10. The maximum absolute atomic E-state index is 12.2. The number of nitrogens with one attached hydrogen (secondary N) is 1. The van der Waals surface area contributed by atoms with Crippen LogP contribution >= 0.6 is 11.3 Å². The third-order valence-electron chi connectivity index (χ3n) is 3.93. The fraction of sp³-hybridized carbons (Fsp3) is 0.200. The number of hydrogen-bond donors (Lipinski definition) is 1. The summed E-state index contributed by atoms with van der Waals surface area (Å²) in [6, 6.07) is 13.8. The lowest BCUT2D eigenvalue weighted by molar-refractivity contribution is -0.115. The van der Waals surface area contributed by atoms with Crippen LogP contribution in [0.3, 0.4) is 0 Å². The van der Waals surface area contributed by atoms with Crippen molar-refractivity contribution in [1.29, 1.82) is 0 Å². The minimum Gasteiger partial charge on any atom is -0.497 e. The average Bonchev–Trinajstić information content (AvgIpc) is 3.03. The summed E-state index contributed by atoms with van der Waals surface area (Å²) in [4.78, 5) is 16.8. The Balaban J connectivity index is 1.67. The topological polar surface area (TPSA) is 51.2 Å². The van der Waals surface area contributed by atoms with Crippen molar-refractivity contribution < 1.29 is 9.53 Å². The van der Waals surface area contributed by atoms with Gasteiger partial charge in [-0.3, -0.25) is 4.79 Å². The smallest absolute Gasteiger partial charge is 0.230 e. The molecular weight excluding hydrogens is 332 g/mol. The third-order valence-corrected chi connectivity index (χ3v) is 4.69. The molecule has 4 nitrogen and oxygen atoms in total. The molecule has 128 valence electrons. The summed E-state index contributed by atoms with van der Waals surface area (Å²) in [7, 11) is 1.62. The van der Waals surface area contributed by atoms with Crippen LogP contribution in [0.1, 0.15) is 16.7 Å². The van der Waals surface area contributed by atoms with Crippen LogP contribution in [-0.2, 0) is 11.2 Å². The SMILES string of the molecule is COc1ccc(CC(=O)Nc2nc(-c3ccc(C)cc3C)cs2)cc1. The molecule has 0 bridgehead atoms. The van der Waals surface area contributed by atoms with E-state index >= 15 is 0 Å². The standard InChI is InChI=1S/C20H20N2O2S/c1-13-4-9-17(14(2)10-13)18-12-25-20(21-18)22-19(23)11-15-5-7-16(24-3)8-6-15/h4-10,12H,11H2,1-3H3,(H,21,22,23). The number of methoxy groups -OCH3 is 1. The zero-order valence-electron chi connectivity index (χ0n) is 14.5. The second-order valence-electron chi connectivity index (χ2n) is 5.93. The van der Waals surface area contributed by atoms with Crippen LogP contribution in [0.25, 0.3) is 11.3 Å². The zero-order valence-corrected chi connectivity index (χ0v) is 15.3. The maximum atomic E-state index is 12.2. The lowest BCUT2D eigenvalue weighted by Crippen LogP contribution is -2.14. The highest BCUT2D eigenvalue weighted by atomic mass is 32.1. The van der Waals surface area contributed by atoms with Crippen molar-refractivity contribution in [3.63, 3.8) is 0 Å². The van der Waals surface area contributed by atoms with Crippen LogP contribution in [-0.4, -0.2) is 18.0 Å². The molecular formula is C20H20N2O2S. The molecule has 1 aromatic heterocycles. The number of anilines is 1. The highest BCUT2D eigenvalue weighted by Crippen LogP contribution is 2.28. The molecule has 0 aliphatic carbocycles. The molecule has 0 aliphatic rings. The van der Waals surface area contributed by atoms with Crippen LogP contribution in [0.2, 0.25) is 0 Å². The monoisotopic (exact) mass is 352 g/mol. The predicted octanol–water partition coefficient (Wildman–Crippen LogP) is 4.62. The summed E-state index contributed by atoms with van der Waals surface area (Å²) in [6.45, 7) is 4.15. The number of benzene rings is 2. The van der Waals surface area contributed by atoms with Gasteiger partial charge in [0.25, 0.3) is 0 Å². The molecule has 3 aromatic rings. The van der Waals surface area contributed by atoms with Gasteiger partial charge < -0.3 is 10.1 Å². The van der Waals surface area contributed by atoms with Gasteiger partial charge in [-0.05, 0) is 37.1 Å². The first-order chi connectivity index (χ1) is 12.0. The molecule has 1 amide bonds.